The Hall–Kier alpha value is -1.71. The molecule has 0 atom stereocenters. The van der Waals surface area contributed by atoms with Gasteiger partial charge in [0.2, 0.25) is 0 Å². The Balaban J connectivity index is 0.00000480. The van der Waals surface area contributed by atoms with Gasteiger partial charge in [-0.15, -0.1) is 11.6 Å². The fraction of sp³-hybridized carbons (Fsp3) is 0.556. The molecule has 0 radical (unpaired) electrons. The molecule has 4 N–H and O–H groups in total. The maximum atomic E-state index is 6.42. The standard InChI is InChI=1S/C27H39ClO2.H3N/c1-10-22-18(3)19(4)23(16-28)25(24(22)29-11-2)30-21-14-12-20(13-15-21)27(8,9)17-26(5,6)7;/h12-15H,10-11,16-17H2,1-9H3;1H3/p+1. The van der Waals surface area contributed by atoms with Crippen LogP contribution in [-0.4, -0.2) is 6.61 Å². The molecule has 0 aliphatic heterocycles. The molecule has 4 heteroatoms. The number of halogens is 1. The van der Waals surface area contributed by atoms with Crippen molar-refractivity contribution >= 4 is 11.6 Å². The monoisotopic (exact) mass is 448 g/mol. The lowest BCUT2D eigenvalue weighted by atomic mass is 9.72. The second kappa shape index (κ2) is 10.7. The van der Waals surface area contributed by atoms with Crippen LogP contribution in [0.1, 0.15) is 82.7 Å². The van der Waals surface area contributed by atoms with Gasteiger partial charge in [-0.3, -0.25) is 0 Å². The van der Waals surface area contributed by atoms with Gasteiger partial charge in [0.25, 0.3) is 0 Å². The Kier molecular flexibility index (Phi) is 9.47. The lowest BCUT2D eigenvalue weighted by molar-refractivity contribution is 0.284. The van der Waals surface area contributed by atoms with E-state index >= 15 is 0 Å². The third-order valence-electron chi connectivity index (χ3n) is 5.83. The lowest BCUT2D eigenvalue weighted by Gasteiger charge is -2.33. The van der Waals surface area contributed by atoms with E-state index in [9.17, 15) is 0 Å². The van der Waals surface area contributed by atoms with Crippen LogP contribution in [0.25, 0.3) is 0 Å². The molecular weight excluding hydrogens is 406 g/mol. The largest absolute Gasteiger partial charge is 0.490 e. The molecule has 0 fully saturated rings. The smallest absolute Gasteiger partial charge is 0.174 e. The predicted molar refractivity (Wildman–Crippen MR) is 136 cm³/mol. The first-order chi connectivity index (χ1) is 13.9. The molecule has 0 unspecified atom stereocenters. The molecular formula is C27H43ClNO2+. The zero-order chi connectivity index (χ0) is 22.7. The molecule has 0 heterocycles. The molecule has 2 rings (SSSR count). The molecule has 0 aliphatic rings. The quantitative estimate of drug-likeness (QED) is 0.409. The molecule has 31 heavy (non-hydrogen) atoms. The zero-order valence-corrected chi connectivity index (χ0v) is 22.1. The molecule has 174 valence electrons. The van der Waals surface area contributed by atoms with Gasteiger partial charge >= 0.3 is 0 Å². The first-order valence-electron chi connectivity index (χ1n) is 11.1. The van der Waals surface area contributed by atoms with Crippen molar-refractivity contribution in [3.8, 4) is 17.2 Å². The number of ether oxygens (including phenoxy) is 2. The normalized spacial score (nSPS) is 11.8. The fourth-order valence-corrected chi connectivity index (χ4v) is 4.90. The summed E-state index contributed by atoms with van der Waals surface area (Å²) in [6.07, 6.45) is 2.00. The minimum absolute atomic E-state index is 0. The van der Waals surface area contributed by atoms with Crippen LogP contribution in [0.3, 0.4) is 0 Å². The first kappa shape index (κ1) is 27.3. The van der Waals surface area contributed by atoms with Crippen LogP contribution in [0.4, 0.5) is 0 Å². The van der Waals surface area contributed by atoms with E-state index in [2.05, 4.69) is 79.7 Å². The van der Waals surface area contributed by atoms with Crippen LogP contribution in [0.15, 0.2) is 24.3 Å². The second-order valence-electron chi connectivity index (χ2n) is 10.0. The third-order valence-corrected chi connectivity index (χ3v) is 6.09. The number of hydrogen-bond donors (Lipinski definition) is 1. The topological polar surface area (TPSA) is 55.0 Å². The first-order valence-corrected chi connectivity index (χ1v) is 11.6. The van der Waals surface area contributed by atoms with Crippen LogP contribution in [0.2, 0.25) is 0 Å². The molecule has 0 amide bonds. The van der Waals surface area contributed by atoms with E-state index in [4.69, 9.17) is 21.1 Å². The van der Waals surface area contributed by atoms with E-state index in [1.807, 2.05) is 6.92 Å². The lowest BCUT2D eigenvalue weighted by Crippen LogP contribution is -2.24. The molecule has 0 aromatic heterocycles. The number of hydrogen-bond acceptors (Lipinski definition) is 2. The van der Waals surface area contributed by atoms with Crippen molar-refractivity contribution < 1.29 is 9.47 Å². The summed E-state index contributed by atoms with van der Waals surface area (Å²) in [7, 11) is 0. The highest BCUT2D eigenvalue weighted by molar-refractivity contribution is 6.17. The van der Waals surface area contributed by atoms with Gasteiger partial charge in [0.1, 0.15) is 5.75 Å². The number of quaternary nitrogens is 1. The van der Waals surface area contributed by atoms with Crippen molar-refractivity contribution in [1.82, 2.24) is 6.15 Å². The van der Waals surface area contributed by atoms with Crippen molar-refractivity contribution in [2.45, 2.75) is 86.5 Å². The zero-order valence-electron chi connectivity index (χ0n) is 21.3. The summed E-state index contributed by atoms with van der Waals surface area (Å²) >= 11 is 6.35. The van der Waals surface area contributed by atoms with E-state index in [0.29, 0.717) is 12.5 Å². The van der Waals surface area contributed by atoms with Crippen LogP contribution in [-0.2, 0) is 17.7 Å². The van der Waals surface area contributed by atoms with Crippen molar-refractivity contribution in [2.75, 3.05) is 6.61 Å². The summed E-state index contributed by atoms with van der Waals surface area (Å²) in [6, 6.07) is 8.50. The summed E-state index contributed by atoms with van der Waals surface area (Å²) < 4.78 is 12.5. The average Bonchev–Trinajstić information content (AvgIpc) is 2.65. The van der Waals surface area contributed by atoms with E-state index in [0.717, 1.165) is 35.7 Å². The van der Waals surface area contributed by atoms with Crippen LogP contribution in [0.5, 0.6) is 17.2 Å². The highest BCUT2D eigenvalue weighted by Gasteiger charge is 2.27. The van der Waals surface area contributed by atoms with Gasteiger partial charge in [-0.25, -0.2) is 0 Å². The van der Waals surface area contributed by atoms with Crippen LogP contribution in [0, 0.1) is 19.3 Å². The van der Waals surface area contributed by atoms with Gasteiger partial charge in [-0.05, 0) is 73.3 Å². The van der Waals surface area contributed by atoms with Gasteiger partial charge < -0.3 is 15.6 Å². The Morgan fingerprint density at radius 2 is 1.39 bits per heavy atom. The van der Waals surface area contributed by atoms with Gasteiger partial charge in [0.15, 0.2) is 11.5 Å². The molecule has 0 bridgehead atoms. The van der Waals surface area contributed by atoms with Gasteiger partial charge in [-0.2, -0.15) is 0 Å². The summed E-state index contributed by atoms with van der Waals surface area (Å²) in [5.41, 5.74) is 6.32. The molecule has 2 aromatic rings. The van der Waals surface area contributed by atoms with E-state index < -0.39 is 0 Å². The molecule has 0 saturated heterocycles. The van der Waals surface area contributed by atoms with Crippen molar-refractivity contribution in [3.05, 3.63) is 52.1 Å². The van der Waals surface area contributed by atoms with Gasteiger partial charge in [0, 0.05) is 11.1 Å². The Bertz CT molecular complexity index is 865. The van der Waals surface area contributed by atoms with Crippen LogP contribution >= 0.6 is 11.6 Å². The fourth-order valence-electron chi connectivity index (χ4n) is 4.58. The molecule has 0 saturated carbocycles. The van der Waals surface area contributed by atoms with E-state index in [1.54, 1.807) is 0 Å². The van der Waals surface area contributed by atoms with Gasteiger partial charge in [-0.1, -0.05) is 53.7 Å². The Morgan fingerprint density at radius 3 is 1.84 bits per heavy atom. The summed E-state index contributed by atoms with van der Waals surface area (Å²) in [5.74, 6) is 2.79. The number of alkyl halides is 1. The summed E-state index contributed by atoms with van der Waals surface area (Å²) in [4.78, 5) is 0. The Labute approximate surface area is 195 Å². The van der Waals surface area contributed by atoms with E-state index in [-0.39, 0.29) is 17.0 Å². The second-order valence-corrected chi connectivity index (χ2v) is 10.3. The van der Waals surface area contributed by atoms with Crippen molar-refractivity contribution in [3.63, 3.8) is 0 Å². The Morgan fingerprint density at radius 1 is 0.839 bits per heavy atom. The van der Waals surface area contributed by atoms with Crippen LogP contribution < -0.4 is 15.6 Å². The number of rotatable bonds is 8. The average molecular weight is 449 g/mol. The maximum absolute atomic E-state index is 6.42. The SMILES string of the molecule is CCOc1c(CC)c(C)c(C)c(CCl)c1Oc1ccc(C(C)(C)CC(C)(C)C)cc1.[NH4+]. The summed E-state index contributed by atoms with van der Waals surface area (Å²) in [6.45, 7) is 20.5. The third kappa shape index (κ3) is 6.40. The van der Waals surface area contributed by atoms with E-state index in [1.165, 1.54) is 22.3 Å². The highest BCUT2D eigenvalue weighted by atomic mass is 35.5. The summed E-state index contributed by atoms with van der Waals surface area (Å²) in [5, 5.41) is 0. The van der Waals surface area contributed by atoms with Gasteiger partial charge in [0.05, 0.1) is 12.5 Å². The minimum atomic E-state index is 0. The molecule has 2 aromatic carbocycles. The van der Waals surface area contributed by atoms with Crippen molar-refractivity contribution in [1.29, 1.82) is 0 Å². The minimum Gasteiger partial charge on any atom is -0.490 e. The van der Waals surface area contributed by atoms with Crippen molar-refractivity contribution in [2.24, 2.45) is 5.41 Å². The molecule has 0 spiro atoms. The predicted octanol–water partition coefficient (Wildman–Crippen LogP) is 8.89. The maximum Gasteiger partial charge on any atom is 0.174 e. The highest BCUT2D eigenvalue weighted by Crippen LogP contribution is 2.44. The molecule has 3 nitrogen and oxygen atoms in total. The molecule has 0 aliphatic carbocycles. The number of benzene rings is 2.